The summed E-state index contributed by atoms with van der Waals surface area (Å²) in [5.41, 5.74) is 6.55. The van der Waals surface area contributed by atoms with Crippen LogP contribution in [0.4, 0.5) is 0 Å². The third kappa shape index (κ3) is 4.35. The van der Waals surface area contributed by atoms with Gasteiger partial charge in [0.25, 0.3) is 5.91 Å². The molecule has 0 bridgehead atoms. The molecule has 0 spiro atoms. The summed E-state index contributed by atoms with van der Waals surface area (Å²) >= 11 is 0. The van der Waals surface area contributed by atoms with Crippen LogP contribution in [-0.2, 0) is 11.2 Å². The Hall–Kier alpha value is -1.26. The first-order valence-electron chi connectivity index (χ1n) is 7.20. The van der Waals surface area contributed by atoms with Crippen LogP contribution in [0.3, 0.4) is 0 Å². The van der Waals surface area contributed by atoms with Crippen molar-refractivity contribution in [3.63, 3.8) is 0 Å². The maximum Gasteiger partial charge on any atom is 0.261 e. The van der Waals surface area contributed by atoms with Crippen molar-refractivity contribution in [3.8, 4) is 5.75 Å². The Labute approximate surface area is 132 Å². The summed E-state index contributed by atoms with van der Waals surface area (Å²) in [6.45, 7) is 6.67. The first kappa shape index (κ1) is 17.8. The molecule has 0 saturated carbocycles. The summed E-state index contributed by atoms with van der Waals surface area (Å²) in [6, 6.07) is 7.78. The van der Waals surface area contributed by atoms with Crippen LogP contribution in [0, 0.1) is 5.92 Å². The second kappa shape index (κ2) is 7.14. The molecule has 1 aromatic carbocycles. The van der Waals surface area contributed by atoms with Crippen LogP contribution in [0.15, 0.2) is 24.3 Å². The van der Waals surface area contributed by atoms with E-state index in [0.717, 1.165) is 17.7 Å². The molecule has 5 heteroatoms. The number of ether oxygens (including phenoxy) is 1. The first-order chi connectivity index (χ1) is 9.43. The number of nitrogens with one attached hydrogen (secondary N) is 1. The van der Waals surface area contributed by atoms with E-state index in [0.29, 0.717) is 18.9 Å². The molecule has 2 unspecified atom stereocenters. The van der Waals surface area contributed by atoms with Crippen LogP contribution in [0.5, 0.6) is 5.75 Å². The Balaban J connectivity index is 0.00000220. The number of rotatable bonds is 5. The van der Waals surface area contributed by atoms with E-state index in [1.54, 1.807) is 0 Å². The molecule has 2 rings (SSSR count). The first-order valence-corrected chi connectivity index (χ1v) is 7.20. The van der Waals surface area contributed by atoms with Crippen molar-refractivity contribution < 1.29 is 9.53 Å². The molecule has 1 aliphatic rings. The predicted molar refractivity (Wildman–Crippen MR) is 86.9 cm³/mol. The van der Waals surface area contributed by atoms with Gasteiger partial charge in [-0.15, -0.1) is 12.4 Å². The van der Waals surface area contributed by atoms with Crippen molar-refractivity contribution in [2.24, 2.45) is 11.7 Å². The lowest BCUT2D eigenvalue weighted by Gasteiger charge is -2.32. The zero-order chi connectivity index (χ0) is 14.8. The maximum atomic E-state index is 12.4. The minimum atomic E-state index is -0.439. The highest BCUT2D eigenvalue weighted by Gasteiger charge is 2.33. The fraction of sp³-hybridized carbons (Fsp3) is 0.562. The van der Waals surface area contributed by atoms with Gasteiger partial charge in [-0.25, -0.2) is 0 Å². The molecule has 0 fully saturated rings. The lowest BCUT2D eigenvalue weighted by atomic mass is 9.90. The van der Waals surface area contributed by atoms with Gasteiger partial charge < -0.3 is 15.8 Å². The summed E-state index contributed by atoms with van der Waals surface area (Å²) < 4.78 is 5.71. The summed E-state index contributed by atoms with van der Waals surface area (Å²) in [5, 5.41) is 3.06. The standard InChI is InChI=1S/C16H24N2O2.ClH/c1-11(2)9-16(3,10-17)18-15(19)14-8-12-6-4-5-7-13(12)20-14;/h4-7,11,14H,8-10,17H2,1-3H3,(H,18,19);1H. The maximum absolute atomic E-state index is 12.4. The Morgan fingerprint density at radius 3 is 2.71 bits per heavy atom. The van der Waals surface area contributed by atoms with Crippen molar-refractivity contribution in [1.29, 1.82) is 0 Å². The summed E-state index contributed by atoms with van der Waals surface area (Å²) in [6.07, 6.45) is 1.05. The highest BCUT2D eigenvalue weighted by atomic mass is 35.5. The van der Waals surface area contributed by atoms with Crippen LogP contribution in [-0.4, -0.2) is 24.1 Å². The Morgan fingerprint density at radius 2 is 2.14 bits per heavy atom. The number of halogens is 1. The second-order valence-electron chi connectivity index (χ2n) is 6.27. The normalized spacial score (nSPS) is 19.2. The largest absolute Gasteiger partial charge is 0.480 e. The van der Waals surface area contributed by atoms with E-state index >= 15 is 0 Å². The van der Waals surface area contributed by atoms with Crippen molar-refractivity contribution in [2.75, 3.05) is 6.54 Å². The Morgan fingerprint density at radius 1 is 1.48 bits per heavy atom. The van der Waals surface area contributed by atoms with Crippen molar-refractivity contribution in [3.05, 3.63) is 29.8 Å². The monoisotopic (exact) mass is 312 g/mol. The molecule has 118 valence electrons. The van der Waals surface area contributed by atoms with Gasteiger partial charge in [0.15, 0.2) is 6.10 Å². The van der Waals surface area contributed by atoms with Crippen molar-refractivity contribution >= 4 is 18.3 Å². The van der Waals surface area contributed by atoms with Gasteiger partial charge in [0.1, 0.15) is 5.75 Å². The number of carbonyl (C=O) groups excluding carboxylic acids is 1. The highest BCUT2D eigenvalue weighted by molar-refractivity contribution is 5.85. The molecule has 0 radical (unpaired) electrons. The number of fused-ring (bicyclic) bond motifs is 1. The lowest BCUT2D eigenvalue weighted by Crippen LogP contribution is -2.55. The average molecular weight is 313 g/mol. The molecule has 0 aliphatic carbocycles. The quantitative estimate of drug-likeness (QED) is 0.877. The van der Waals surface area contributed by atoms with Crippen LogP contribution in [0.1, 0.15) is 32.8 Å². The van der Waals surface area contributed by atoms with Crippen molar-refractivity contribution in [1.82, 2.24) is 5.32 Å². The van der Waals surface area contributed by atoms with E-state index in [1.807, 2.05) is 31.2 Å². The van der Waals surface area contributed by atoms with Gasteiger partial charge in [-0.05, 0) is 30.9 Å². The summed E-state index contributed by atoms with van der Waals surface area (Å²) in [4.78, 5) is 12.4. The molecule has 0 saturated heterocycles. The number of hydrogen-bond acceptors (Lipinski definition) is 3. The molecule has 1 heterocycles. The lowest BCUT2D eigenvalue weighted by molar-refractivity contribution is -0.129. The smallest absolute Gasteiger partial charge is 0.261 e. The summed E-state index contributed by atoms with van der Waals surface area (Å²) in [7, 11) is 0. The Kier molecular flexibility index (Phi) is 6.05. The number of para-hydroxylation sites is 1. The summed E-state index contributed by atoms with van der Waals surface area (Å²) in [5.74, 6) is 1.21. The van der Waals surface area contributed by atoms with Gasteiger partial charge in [0.05, 0.1) is 0 Å². The number of amides is 1. The topological polar surface area (TPSA) is 64.3 Å². The average Bonchev–Trinajstić information content (AvgIpc) is 2.81. The van der Waals surface area contributed by atoms with Crippen molar-refractivity contribution in [2.45, 2.75) is 45.3 Å². The minimum absolute atomic E-state index is 0. The number of hydrogen-bond donors (Lipinski definition) is 2. The molecular weight excluding hydrogens is 288 g/mol. The van der Waals surface area contributed by atoms with E-state index in [4.69, 9.17) is 10.5 Å². The number of nitrogens with two attached hydrogens (primary N) is 1. The zero-order valence-corrected chi connectivity index (χ0v) is 13.7. The highest BCUT2D eigenvalue weighted by Crippen LogP contribution is 2.28. The van der Waals surface area contributed by atoms with Gasteiger partial charge in [-0.3, -0.25) is 4.79 Å². The fourth-order valence-electron chi connectivity index (χ4n) is 2.79. The van der Waals surface area contributed by atoms with Gasteiger partial charge >= 0.3 is 0 Å². The molecule has 1 amide bonds. The minimum Gasteiger partial charge on any atom is -0.480 e. The second-order valence-corrected chi connectivity index (χ2v) is 6.27. The van der Waals surface area contributed by atoms with E-state index in [2.05, 4.69) is 19.2 Å². The molecule has 2 atom stereocenters. The SMILES string of the molecule is CC(C)CC(C)(CN)NC(=O)C1Cc2ccccc2O1.Cl. The third-order valence-electron chi connectivity index (χ3n) is 3.67. The molecule has 21 heavy (non-hydrogen) atoms. The van der Waals surface area contributed by atoms with Gasteiger partial charge in [-0.1, -0.05) is 32.0 Å². The number of carbonyl (C=O) groups is 1. The van der Waals surface area contributed by atoms with E-state index in [9.17, 15) is 4.79 Å². The van der Waals surface area contributed by atoms with Gasteiger partial charge in [-0.2, -0.15) is 0 Å². The van der Waals surface area contributed by atoms with Crippen LogP contribution >= 0.6 is 12.4 Å². The third-order valence-corrected chi connectivity index (χ3v) is 3.67. The molecule has 4 nitrogen and oxygen atoms in total. The zero-order valence-electron chi connectivity index (χ0n) is 12.9. The van der Waals surface area contributed by atoms with E-state index < -0.39 is 6.10 Å². The molecular formula is C16H25ClN2O2. The van der Waals surface area contributed by atoms with Crippen LogP contribution in [0.25, 0.3) is 0 Å². The molecule has 1 aliphatic heterocycles. The van der Waals surface area contributed by atoms with E-state index in [-0.39, 0.29) is 23.9 Å². The Bertz CT molecular complexity index is 468. The number of benzene rings is 1. The predicted octanol–water partition coefficient (Wildman–Crippen LogP) is 2.29. The molecule has 0 aromatic heterocycles. The van der Waals surface area contributed by atoms with Gasteiger partial charge in [0, 0.05) is 18.5 Å². The van der Waals surface area contributed by atoms with Gasteiger partial charge in [0.2, 0.25) is 0 Å². The van der Waals surface area contributed by atoms with E-state index in [1.165, 1.54) is 0 Å². The fourth-order valence-corrected chi connectivity index (χ4v) is 2.79. The van der Waals surface area contributed by atoms with Crippen LogP contribution in [0.2, 0.25) is 0 Å². The molecule has 1 aromatic rings. The molecule has 3 N–H and O–H groups in total. The van der Waals surface area contributed by atoms with Crippen LogP contribution < -0.4 is 15.8 Å².